The number of nitrogen functional groups attached to an aromatic ring is 1. The van der Waals surface area contributed by atoms with Crippen molar-refractivity contribution in [2.24, 2.45) is 0 Å². The van der Waals surface area contributed by atoms with Gasteiger partial charge < -0.3 is 15.4 Å². The third kappa shape index (κ3) is 3.29. The standard InChI is InChI=1S/C12H21N3O/c1-4-8-15(3)11-7-6-10(13)12(14-11)16-9-5-2/h6-7H,4-5,8-9,13H2,1-3H3. The second kappa shape index (κ2) is 6.20. The molecule has 0 aliphatic heterocycles. The average Bonchev–Trinajstić information content (AvgIpc) is 2.28. The monoisotopic (exact) mass is 223 g/mol. The third-order valence-corrected chi connectivity index (χ3v) is 2.27. The minimum Gasteiger partial charge on any atom is -0.476 e. The van der Waals surface area contributed by atoms with Crippen LogP contribution in [0.1, 0.15) is 26.7 Å². The molecule has 0 saturated heterocycles. The van der Waals surface area contributed by atoms with Crippen molar-refractivity contribution in [3.8, 4) is 5.88 Å². The summed E-state index contributed by atoms with van der Waals surface area (Å²) in [4.78, 5) is 6.50. The van der Waals surface area contributed by atoms with Crippen LogP contribution < -0.4 is 15.4 Å². The van der Waals surface area contributed by atoms with Crippen molar-refractivity contribution in [3.05, 3.63) is 12.1 Å². The maximum atomic E-state index is 5.80. The smallest absolute Gasteiger partial charge is 0.239 e. The minimum absolute atomic E-state index is 0.544. The SMILES string of the molecule is CCCOc1nc(N(C)CCC)ccc1N. The minimum atomic E-state index is 0.544. The number of aromatic nitrogens is 1. The Kier molecular flexibility index (Phi) is 4.89. The van der Waals surface area contributed by atoms with E-state index in [1.54, 1.807) is 0 Å². The summed E-state index contributed by atoms with van der Waals surface area (Å²) in [5.41, 5.74) is 6.40. The predicted octanol–water partition coefficient (Wildman–Crippen LogP) is 2.30. The Morgan fingerprint density at radius 3 is 2.69 bits per heavy atom. The van der Waals surface area contributed by atoms with Gasteiger partial charge in [-0.25, -0.2) is 0 Å². The summed E-state index contributed by atoms with van der Waals surface area (Å²) in [5.74, 6) is 1.45. The summed E-state index contributed by atoms with van der Waals surface area (Å²) < 4.78 is 5.49. The summed E-state index contributed by atoms with van der Waals surface area (Å²) in [5, 5.41) is 0. The Morgan fingerprint density at radius 1 is 1.31 bits per heavy atom. The Bertz CT molecular complexity index is 328. The van der Waals surface area contributed by atoms with Crippen LogP contribution in [0, 0.1) is 0 Å². The molecule has 4 heteroatoms. The van der Waals surface area contributed by atoms with E-state index in [-0.39, 0.29) is 0 Å². The lowest BCUT2D eigenvalue weighted by Crippen LogP contribution is -2.19. The summed E-state index contributed by atoms with van der Waals surface area (Å²) in [7, 11) is 2.02. The van der Waals surface area contributed by atoms with Gasteiger partial charge in [0.2, 0.25) is 5.88 Å². The zero-order valence-electron chi connectivity index (χ0n) is 10.4. The average molecular weight is 223 g/mol. The molecule has 0 unspecified atom stereocenters. The fourth-order valence-electron chi connectivity index (χ4n) is 1.42. The molecule has 0 radical (unpaired) electrons. The Morgan fingerprint density at radius 2 is 2.06 bits per heavy atom. The molecule has 0 aromatic carbocycles. The van der Waals surface area contributed by atoms with E-state index in [0.717, 1.165) is 25.2 Å². The van der Waals surface area contributed by atoms with Gasteiger partial charge in [0.15, 0.2) is 0 Å². The number of ether oxygens (including phenoxy) is 1. The molecule has 0 bridgehead atoms. The normalized spacial score (nSPS) is 10.2. The van der Waals surface area contributed by atoms with Crippen molar-refractivity contribution in [2.75, 3.05) is 30.8 Å². The van der Waals surface area contributed by atoms with Gasteiger partial charge in [0.1, 0.15) is 5.82 Å². The Labute approximate surface area is 97.4 Å². The molecular weight excluding hydrogens is 202 g/mol. The highest BCUT2D eigenvalue weighted by Gasteiger charge is 2.06. The molecular formula is C12H21N3O. The highest BCUT2D eigenvalue weighted by molar-refractivity contribution is 5.54. The van der Waals surface area contributed by atoms with E-state index in [1.165, 1.54) is 0 Å². The van der Waals surface area contributed by atoms with E-state index >= 15 is 0 Å². The van der Waals surface area contributed by atoms with E-state index in [4.69, 9.17) is 10.5 Å². The summed E-state index contributed by atoms with van der Waals surface area (Å²) in [6, 6.07) is 3.77. The van der Waals surface area contributed by atoms with Gasteiger partial charge in [-0.1, -0.05) is 13.8 Å². The fourth-order valence-corrected chi connectivity index (χ4v) is 1.42. The molecule has 0 amide bonds. The number of hydrogen-bond donors (Lipinski definition) is 1. The molecule has 1 rings (SSSR count). The second-order valence-corrected chi connectivity index (χ2v) is 3.83. The van der Waals surface area contributed by atoms with Crippen molar-refractivity contribution in [2.45, 2.75) is 26.7 Å². The van der Waals surface area contributed by atoms with Gasteiger partial charge in [0.05, 0.1) is 12.3 Å². The molecule has 0 atom stereocenters. The fraction of sp³-hybridized carbons (Fsp3) is 0.583. The number of pyridine rings is 1. The molecule has 1 aromatic heterocycles. The zero-order valence-corrected chi connectivity index (χ0v) is 10.4. The van der Waals surface area contributed by atoms with Crippen LogP contribution in [0.2, 0.25) is 0 Å². The van der Waals surface area contributed by atoms with Gasteiger partial charge in [-0.2, -0.15) is 4.98 Å². The first-order valence-corrected chi connectivity index (χ1v) is 5.79. The van der Waals surface area contributed by atoms with Gasteiger partial charge >= 0.3 is 0 Å². The lowest BCUT2D eigenvalue weighted by Gasteiger charge is -2.18. The van der Waals surface area contributed by atoms with Crippen LogP contribution in [0.15, 0.2) is 12.1 Å². The zero-order chi connectivity index (χ0) is 12.0. The number of anilines is 2. The first-order chi connectivity index (χ1) is 7.69. The van der Waals surface area contributed by atoms with E-state index in [1.807, 2.05) is 19.2 Å². The maximum absolute atomic E-state index is 5.80. The molecule has 0 aliphatic rings. The van der Waals surface area contributed by atoms with Crippen LogP contribution in [0.5, 0.6) is 5.88 Å². The van der Waals surface area contributed by atoms with Crippen LogP contribution in [-0.2, 0) is 0 Å². The summed E-state index contributed by atoms with van der Waals surface area (Å²) in [6.07, 6.45) is 2.05. The van der Waals surface area contributed by atoms with Crippen molar-refractivity contribution < 1.29 is 4.74 Å². The van der Waals surface area contributed by atoms with E-state index in [2.05, 4.69) is 23.7 Å². The van der Waals surface area contributed by atoms with Crippen LogP contribution in [0.3, 0.4) is 0 Å². The Balaban J connectivity index is 2.80. The largest absolute Gasteiger partial charge is 0.476 e. The lowest BCUT2D eigenvalue weighted by atomic mass is 10.3. The lowest BCUT2D eigenvalue weighted by molar-refractivity contribution is 0.307. The highest BCUT2D eigenvalue weighted by atomic mass is 16.5. The van der Waals surface area contributed by atoms with Crippen molar-refractivity contribution in [1.29, 1.82) is 0 Å². The molecule has 1 aromatic rings. The second-order valence-electron chi connectivity index (χ2n) is 3.83. The molecule has 4 nitrogen and oxygen atoms in total. The molecule has 1 heterocycles. The van der Waals surface area contributed by atoms with Crippen molar-refractivity contribution in [3.63, 3.8) is 0 Å². The number of nitrogens with zero attached hydrogens (tertiary/aromatic N) is 2. The van der Waals surface area contributed by atoms with E-state index in [9.17, 15) is 0 Å². The van der Waals surface area contributed by atoms with Crippen LogP contribution >= 0.6 is 0 Å². The van der Waals surface area contributed by atoms with Crippen LogP contribution in [-0.4, -0.2) is 25.2 Å². The Hall–Kier alpha value is -1.45. The predicted molar refractivity (Wildman–Crippen MR) is 68.0 cm³/mol. The number of rotatable bonds is 6. The van der Waals surface area contributed by atoms with Crippen LogP contribution in [0.25, 0.3) is 0 Å². The topological polar surface area (TPSA) is 51.4 Å². The summed E-state index contributed by atoms with van der Waals surface area (Å²) in [6.45, 7) is 5.83. The maximum Gasteiger partial charge on any atom is 0.239 e. The molecule has 0 fully saturated rings. The van der Waals surface area contributed by atoms with Gasteiger partial charge in [-0.05, 0) is 25.0 Å². The van der Waals surface area contributed by atoms with Gasteiger partial charge in [-0.3, -0.25) is 0 Å². The van der Waals surface area contributed by atoms with Crippen molar-refractivity contribution >= 4 is 11.5 Å². The van der Waals surface area contributed by atoms with Gasteiger partial charge in [0.25, 0.3) is 0 Å². The van der Waals surface area contributed by atoms with E-state index < -0.39 is 0 Å². The van der Waals surface area contributed by atoms with Crippen molar-refractivity contribution in [1.82, 2.24) is 4.98 Å². The molecule has 0 aliphatic carbocycles. The molecule has 90 valence electrons. The number of hydrogen-bond acceptors (Lipinski definition) is 4. The first kappa shape index (κ1) is 12.6. The third-order valence-electron chi connectivity index (χ3n) is 2.27. The van der Waals surface area contributed by atoms with Gasteiger partial charge in [0, 0.05) is 13.6 Å². The van der Waals surface area contributed by atoms with Gasteiger partial charge in [-0.15, -0.1) is 0 Å². The first-order valence-electron chi connectivity index (χ1n) is 5.79. The quantitative estimate of drug-likeness (QED) is 0.804. The highest BCUT2D eigenvalue weighted by Crippen LogP contribution is 2.22. The molecule has 2 N–H and O–H groups in total. The summed E-state index contributed by atoms with van der Waals surface area (Å²) >= 11 is 0. The van der Waals surface area contributed by atoms with Crippen LogP contribution in [0.4, 0.5) is 11.5 Å². The molecule has 0 spiro atoms. The number of nitrogens with two attached hydrogens (primary N) is 1. The molecule has 16 heavy (non-hydrogen) atoms. The van der Waals surface area contributed by atoms with E-state index in [0.29, 0.717) is 18.2 Å². The molecule has 0 saturated carbocycles.